The standard InChI is InChI=1S/C14H20N6O/c1-4-20(5-2)14-18-12(17-13(15)19-14)10-7-11(21-6-3)9-16-8-10/h7-9H,4-6H2,1-3H3,(H2,15,17,18,19). The van der Waals surface area contributed by atoms with E-state index in [1.54, 1.807) is 12.4 Å². The van der Waals surface area contributed by atoms with Gasteiger partial charge in [-0.15, -0.1) is 0 Å². The second-order valence-corrected chi connectivity index (χ2v) is 4.33. The summed E-state index contributed by atoms with van der Waals surface area (Å²) in [5.41, 5.74) is 6.55. The molecular formula is C14H20N6O. The third-order valence-electron chi connectivity index (χ3n) is 2.97. The van der Waals surface area contributed by atoms with Crippen molar-refractivity contribution in [2.24, 2.45) is 0 Å². The van der Waals surface area contributed by atoms with E-state index < -0.39 is 0 Å². The minimum atomic E-state index is 0.198. The average Bonchev–Trinajstić information content (AvgIpc) is 2.49. The largest absolute Gasteiger partial charge is 0.492 e. The van der Waals surface area contributed by atoms with Gasteiger partial charge < -0.3 is 15.4 Å². The maximum absolute atomic E-state index is 5.80. The highest BCUT2D eigenvalue weighted by Crippen LogP contribution is 2.21. The van der Waals surface area contributed by atoms with Gasteiger partial charge in [0.25, 0.3) is 0 Å². The molecule has 7 nitrogen and oxygen atoms in total. The zero-order valence-corrected chi connectivity index (χ0v) is 12.6. The summed E-state index contributed by atoms with van der Waals surface area (Å²) in [5.74, 6) is 1.95. The van der Waals surface area contributed by atoms with Crippen molar-refractivity contribution in [1.82, 2.24) is 19.9 Å². The SMILES string of the molecule is CCOc1cncc(-c2nc(N)nc(N(CC)CC)n2)c1. The molecule has 2 rings (SSSR count). The molecule has 0 aromatic carbocycles. The first-order valence-electron chi connectivity index (χ1n) is 7.02. The molecule has 0 radical (unpaired) electrons. The number of rotatable bonds is 6. The lowest BCUT2D eigenvalue weighted by molar-refractivity contribution is 0.339. The first kappa shape index (κ1) is 15.0. The fourth-order valence-electron chi connectivity index (χ4n) is 1.94. The molecule has 0 aliphatic rings. The van der Waals surface area contributed by atoms with Crippen LogP contribution in [0.3, 0.4) is 0 Å². The number of nitrogen functional groups attached to an aromatic ring is 1. The Balaban J connectivity index is 2.41. The van der Waals surface area contributed by atoms with Crippen molar-refractivity contribution < 1.29 is 4.74 Å². The van der Waals surface area contributed by atoms with E-state index in [2.05, 4.69) is 19.9 Å². The van der Waals surface area contributed by atoms with Gasteiger partial charge in [0.2, 0.25) is 11.9 Å². The molecule has 2 heterocycles. The van der Waals surface area contributed by atoms with Gasteiger partial charge in [-0.1, -0.05) is 0 Å². The lowest BCUT2D eigenvalue weighted by atomic mass is 10.2. The number of hydrogen-bond donors (Lipinski definition) is 1. The van der Waals surface area contributed by atoms with Gasteiger partial charge in [0.15, 0.2) is 5.82 Å². The molecule has 0 bridgehead atoms. The fourth-order valence-corrected chi connectivity index (χ4v) is 1.94. The number of nitrogens with two attached hydrogens (primary N) is 1. The molecule has 0 saturated heterocycles. The quantitative estimate of drug-likeness (QED) is 0.866. The smallest absolute Gasteiger partial charge is 0.230 e. The van der Waals surface area contributed by atoms with Crippen molar-refractivity contribution >= 4 is 11.9 Å². The predicted molar refractivity (Wildman–Crippen MR) is 82.2 cm³/mol. The van der Waals surface area contributed by atoms with Gasteiger partial charge in [-0.3, -0.25) is 4.98 Å². The first-order valence-corrected chi connectivity index (χ1v) is 7.02. The Morgan fingerprint density at radius 1 is 1.10 bits per heavy atom. The van der Waals surface area contributed by atoms with Crippen molar-refractivity contribution in [1.29, 1.82) is 0 Å². The highest BCUT2D eigenvalue weighted by molar-refractivity contribution is 5.58. The van der Waals surface area contributed by atoms with E-state index in [0.29, 0.717) is 24.1 Å². The maximum Gasteiger partial charge on any atom is 0.230 e. The van der Waals surface area contributed by atoms with Gasteiger partial charge in [-0.25, -0.2) is 0 Å². The molecule has 0 atom stereocenters. The summed E-state index contributed by atoms with van der Waals surface area (Å²) in [4.78, 5) is 19.0. The van der Waals surface area contributed by atoms with Crippen LogP contribution in [0.4, 0.5) is 11.9 Å². The van der Waals surface area contributed by atoms with E-state index in [4.69, 9.17) is 10.5 Å². The maximum atomic E-state index is 5.80. The molecule has 0 aliphatic heterocycles. The van der Waals surface area contributed by atoms with E-state index in [0.717, 1.165) is 18.7 Å². The van der Waals surface area contributed by atoms with Crippen LogP contribution in [0.15, 0.2) is 18.5 Å². The lowest BCUT2D eigenvalue weighted by Gasteiger charge is -2.18. The molecule has 112 valence electrons. The van der Waals surface area contributed by atoms with Crippen LogP contribution in [0.1, 0.15) is 20.8 Å². The summed E-state index contributed by atoms with van der Waals surface area (Å²) in [6, 6.07) is 1.84. The number of pyridine rings is 1. The summed E-state index contributed by atoms with van der Waals surface area (Å²) in [5, 5.41) is 0. The first-order chi connectivity index (χ1) is 10.2. The topological polar surface area (TPSA) is 90.0 Å². The molecule has 0 unspecified atom stereocenters. The number of anilines is 2. The van der Waals surface area contributed by atoms with Crippen molar-refractivity contribution in [2.75, 3.05) is 30.3 Å². The minimum Gasteiger partial charge on any atom is -0.492 e. The van der Waals surface area contributed by atoms with Crippen molar-refractivity contribution in [3.05, 3.63) is 18.5 Å². The zero-order chi connectivity index (χ0) is 15.2. The average molecular weight is 288 g/mol. The highest BCUT2D eigenvalue weighted by atomic mass is 16.5. The summed E-state index contributed by atoms with van der Waals surface area (Å²) in [6.45, 7) is 8.19. The van der Waals surface area contributed by atoms with Crippen LogP contribution in [0.2, 0.25) is 0 Å². The normalized spacial score (nSPS) is 10.4. The van der Waals surface area contributed by atoms with Crippen molar-refractivity contribution in [3.63, 3.8) is 0 Å². The van der Waals surface area contributed by atoms with Crippen LogP contribution < -0.4 is 15.4 Å². The van der Waals surface area contributed by atoms with Gasteiger partial charge >= 0.3 is 0 Å². The third kappa shape index (κ3) is 3.56. The Bertz CT molecular complexity index is 600. The predicted octanol–water partition coefficient (Wildman–Crippen LogP) is 1.76. The van der Waals surface area contributed by atoms with Crippen LogP contribution in [-0.4, -0.2) is 39.6 Å². The molecule has 2 aromatic heterocycles. The van der Waals surface area contributed by atoms with Gasteiger partial charge in [-0.2, -0.15) is 15.0 Å². The van der Waals surface area contributed by atoms with Gasteiger partial charge in [0.05, 0.1) is 12.8 Å². The molecular weight excluding hydrogens is 268 g/mol. The Morgan fingerprint density at radius 2 is 1.86 bits per heavy atom. The molecule has 0 saturated carbocycles. The van der Waals surface area contributed by atoms with E-state index in [9.17, 15) is 0 Å². The summed E-state index contributed by atoms with van der Waals surface area (Å²) in [7, 11) is 0. The molecule has 0 spiro atoms. The van der Waals surface area contributed by atoms with E-state index in [1.165, 1.54) is 0 Å². The molecule has 2 aromatic rings. The van der Waals surface area contributed by atoms with E-state index >= 15 is 0 Å². The van der Waals surface area contributed by atoms with Crippen LogP contribution in [0.5, 0.6) is 5.75 Å². The van der Waals surface area contributed by atoms with Crippen LogP contribution in [0, 0.1) is 0 Å². The second kappa shape index (κ2) is 6.83. The summed E-state index contributed by atoms with van der Waals surface area (Å²) >= 11 is 0. The van der Waals surface area contributed by atoms with Gasteiger partial charge in [-0.05, 0) is 26.8 Å². The van der Waals surface area contributed by atoms with E-state index in [1.807, 2.05) is 31.7 Å². The van der Waals surface area contributed by atoms with Gasteiger partial charge in [0, 0.05) is 24.8 Å². The lowest BCUT2D eigenvalue weighted by Crippen LogP contribution is -2.25. The Morgan fingerprint density at radius 3 is 2.52 bits per heavy atom. The Kier molecular flexibility index (Phi) is 4.86. The third-order valence-corrected chi connectivity index (χ3v) is 2.97. The minimum absolute atomic E-state index is 0.198. The molecule has 7 heteroatoms. The van der Waals surface area contributed by atoms with E-state index in [-0.39, 0.29) is 5.95 Å². The summed E-state index contributed by atoms with van der Waals surface area (Å²) in [6.07, 6.45) is 3.34. The van der Waals surface area contributed by atoms with Gasteiger partial charge in [0.1, 0.15) is 5.75 Å². The molecule has 2 N–H and O–H groups in total. The van der Waals surface area contributed by atoms with Crippen molar-refractivity contribution in [3.8, 4) is 17.1 Å². The monoisotopic (exact) mass is 288 g/mol. The number of aromatic nitrogens is 4. The van der Waals surface area contributed by atoms with Crippen LogP contribution >= 0.6 is 0 Å². The molecule has 0 amide bonds. The molecule has 0 fully saturated rings. The fraction of sp³-hybridized carbons (Fsp3) is 0.429. The Labute approximate surface area is 124 Å². The highest BCUT2D eigenvalue weighted by Gasteiger charge is 2.12. The van der Waals surface area contributed by atoms with Crippen molar-refractivity contribution in [2.45, 2.75) is 20.8 Å². The second-order valence-electron chi connectivity index (χ2n) is 4.33. The number of hydrogen-bond acceptors (Lipinski definition) is 7. The van der Waals surface area contributed by atoms with Crippen LogP contribution in [-0.2, 0) is 0 Å². The number of ether oxygens (including phenoxy) is 1. The summed E-state index contributed by atoms with van der Waals surface area (Å²) < 4.78 is 5.44. The molecule has 0 aliphatic carbocycles. The number of nitrogens with zero attached hydrogens (tertiary/aromatic N) is 5. The van der Waals surface area contributed by atoms with Crippen LogP contribution in [0.25, 0.3) is 11.4 Å². The molecule has 21 heavy (non-hydrogen) atoms. The Hall–Kier alpha value is -2.44. The zero-order valence-electron chi connectivity index (χ0n) is 12.6.